The maximum absolute atomic E-state index is 10.4. The van der Waals surface area contributed by atoms with Gasteiger partial charge in [-0.2, -0.15) is 0 Å². The first-order valence-electron chi connectivity index (χ1n) is 15.6. The van der Waals surface area contributed by atoms with Gasteiger partial charge in [0.2, 0.25) is 0 Å². The van der Waals surface area contributed by atoms with Crippen LogP contribution in [-0.4, -0.2) is 60.1 Å². The van der Waals surface area contributed by atoms with E-state index in [0.717, 1.165) is 37.9 Å². The number of hydrogen-bond acceptors (Lipinski definition) is 7. The summed E-state index contributed by atoms with van der Waals surface area (Å²) < 4.78 is 17.3. The van der Waals surface area contributed by atoms with Gasteiger partial charge in [0.05, 0.1) is 5.52 Å². The van der Waals surface area contributed by atoms with Crippen LogP contribution in [-0.2, 0) is 27.1 Å². The van der Waals surface area contributed by atoms with Crippen molar-refractivity contribution in [2.75, 3.05) is 25.0 Å². The third-order valence-electron chi connectivity index (χ3n) is 8.46. The molecule has 3 aliphatic rings. The molecule has 0 saturated carbocycles. The second-order valence-corrected chi connectivity index (χ2v) is 12.1. The zero-order valence-corrected chi connectivity index (χ0v) is 24.1. The Morgan fingerprint density at radius 1 is 0.897 bits per heavy atom. The van der Waals surface area contributed by atoms with Gasteiger partial charge in [0.15, 0.2) is 12.1 Å². The van der Waals surface area contributed by atoms with Crippen LogP contribution in [0, 0.1) is 0 Å². The normalized spacial score (nSPS) is 25.6. The van der Waals surface area contributed by atoms with Crippen LogP contribution in [0.4, 0.5) is 5.69 Å². The van der Waals surface area contributed by atoms with E-state index in [2.05, 4.69) is 34.9 Å². The third kappa shape index (κ3) is 7.50. The van der Waals surface area contributed by atoms with E-state index in [1.165, 1.54) is 86.5 Å². The Morgan fingerprint density at radius 3 is 2.36 bits per heavy atom. The Hall–Kier alpha value is -1.77. The monoisotopic (exact) mass is 539 g/mol. The number of anilines is 1. The minimum absolute atomic E-state index is 0.263. The zero-order valence-electron chi connectivity index (χ0n) is 24.1. The lowest BCUT2D eigenvalue weighted by Gasteiger charge is -2.23. The molecule has 2 aliphatic heterocycles. The van der Waals surface area contributed by atoms with Crippen molar-refractivity contribution < 1.29 is 19.3 Å². The molecule has 5 rings (SSSR count). The Balaban J connectivity index is 0.867. The standard InChI is InChI=1S/C32H49N3O4/c1-32(2)38-30-29(36)27(37-31(30)39-32)22-33-20-14-8-6-4-3-5-7-9-15-21-34-28-23-16-10-12-18-25(23)35-26-19-13-11-17-24(26)28/h10,12,16,18,27,29-31,33,36H,3-9,11,13-15,17,19-22H2,1-2H3,(H,34,35)/t27-,29+,30-,31-/m1/s1. The van der Waals surface area contributed by atoms with Crippen LogP contribution in [0.5, 0.6) is 0 Å². The van der Waals surface area contributed by atoms with Crippen molar-refractivity contribution in [3.05, 3.63) is 35.5 Å². The average molecular weight is 540 g/mol. The predicted octanol–water partition coefficient (Wildman–Crippen LogP) is 5.86. The molecule has 0 bridgehead atoms. The molecule has 39 heavy (non-hydrogen) atoms. The van der Waals surface area contributed by atoms with Crippen molar-refractivity contribution in [2.24, 2.45) is 0 Å². The van der Waals surface area contributed by atoms with Crippen LogP contribution in [0.3, 0.4) is 0 Å². The highest BCUT2D eigenvalue weighted by Gasteiger charge is 2.53. The highest BCUT2D eigenvalue weighted by molar-refractivity contribution is 5.93. The van der Waals surface area contributed by atoms with Crippen LogP contribution in [0.15, 0.2) is 24.3 Å². The van der Waals surface area contributed by atoms with Crippen molar-refractivity contribution >= 4 is 16.6 Å². The van der Waals surface area contributed by atoms with E-state index in [0.29, 0.717) is 6.54 Å². The second-order valence-electron chi connectivity index (χ2n) is 12.1. The number of para-hydroxylation sites is 1. The summed E-state index contributed by atoms with van der Waals surface area (Å²) in [6, 6.07) is 8.60. The lowest BCUT2D eigenvalue weighted by molar-refractivity contribution is -0.214. The number of nitrogens with one attached hydrogen (secondary N) is 2. The summed E-state index contributed by atoms with van der Waals surface area (Å²) in [5, 5.41) is 19.0. The van der Waals surface area contributed by atoms with Crippen molar-refractivity contribution in [3.63, 3.8) is 0 Å². The molecule has 4 atom stereocenters. The number of ether oxygens (including phenoxy) is 3. The fourth-order valence-corrected chi connectivity index (χ4v) is 6.37. The van der Waals surface area contributed by atoms with Gasteiger partial charge in [-0.3, -0.25) is 4.98 Å². The zero-order chi connectivity index (χ0) is 27.1. The molecule has 7 heteroatoms. The van der Waals surface area contributed by atoms with Crippen molar-refractivity contribution in [1.82, 2.24) is 10.3 Å². The molecule has 1 aromatic heterocycles. The number of aromatic nitrogens is 1. The van der Waals surface area contributed by atoms with Gasteiger partial charge in [-0.05, 0) is 70.5 Å². The highest BCUT2D eigenvalue weighted by Crippen LogP contribution is 2.37. The van der Waals surface area contributed by atoms with Crippen molar-refractivity contribution in [3.8, 4) is 0 Å². The van der Waals surface area contributed by atoms with Crippen molar-refractivity contribution in [2.45, 2.75) is 128 Å². The van der Waals surface area contributed by atoms with Gasteiger partial charge in [0, 0.05) is 29.9 Å². The Bertz CT molecular complexity index is 1060. The summed E-state index contributed by atoms with van der Waals surface area (Å²) in [5.41, 5.74) is 5.27. The minimum Gasteiger partial charge on any atom is -0.387 e. The fraction of sp³-hybridized carbons (Fsp3) is 0.719. The molecule has 2 saturated heterocycles. The number of aryl methyl sites for hydroxylation is 1. The first-order chi connectivity index (χ1) is 19.0. The Kier molecular flexibility index (Phi) is 10.1. The lowest BCUT2D eigenvalue weighted by Crippen LogP contribution is -2.40. The summed E-state index contributed by atoms with van der Waals surface area (Å²) in [6.07, 6.45) is 14.7. The minimum atomic E-state index is -0.679. The van der Waals surface area contributed by atoms with Gasteiger partial charge >= 0.3 is 0 Å². The van der Waals surface area contributed by atoms with Gasteiger partial charge in [0.25, 0.3) is 0 Å². The van der Waals surface area contributed by atoms with Crippen molar-refractivity contribution in [1.29, 1.82) is 0 Å². The highest BCUT2D eigenvalue weighted by atomic mass is 16.8. The average Bonchev–Trinajstić information content (AvgIpc) is 3.39. The van der Waals surface area contributed by atoms with Crippen LogP contribution >= 0.6 is 0 Å². The molecule has 3 heterocycles. The smallest absolute Gasteiger partial charge is 0.190 e. The van der Waals surface area contributed by atoms with Gasteiger partial charge in [-0.25, -0.2) is 0 Å². The number of pyridine rings is 1. The van der Waals surface area contributed by atoms with Gasteiger partial charge in [-0.1, -0.05) is 63.1 Å². The van der Waals surface area contributed by atoms with E-state index in [1.807, 2.05) is 13.8 Å². The van der Waals surface area contributed by atoms with Crippen LogP contribution in [0.25, 0.3) is 10.9 Å². The molecule has 1 aromatic carbocycles. The van der Waals surface area contributed by atoms with Gasteiger partial charge in [0.1, 0.15) is 18.3 Å². The summed E-state index contributed by atoms with van der Waals surface area (Å²) in [5.74, 6) is -0.679. The van der Waals surface area contributed by atoms with E-state index in [1.54, 1.807) is 0 Å². The van der Waals surface area contributed by atoms with Crippen LogP contribution in [0.2, 0.25) is 0 Å². The molecule has 3 N–H and O–H groups in total. The molecule has 2 aromatic rings. The summed E-state index contributed by atoms with van der Waals surface area (Å²) in [4.78, 5) is 4.96. The van der Waals surface area contributed by atoms with E-state index in [9.17, 15) is 5.11 Å². The molecule has 216 valence electrons. The largest absolute Gasteiger partial charge is 0.387 e. The predicted molar refractivity (Wildman–Crippen MR) is 156 cm³/mol. The fourth-order valence-electron chi connectivity index (χ4n) is 6.37. The number of unbranched alkanes of at least 4 members (excludes halogenated alkanes) is 8. The van der Waals surface area contributed by atoms with Crippen LogP contribution in [0.1, 0.15) is 95.7 Å². The van der Waals surface area contributed by atoms with Gasteiger partial charge in [-0.15, -0.1) is 0 Å². The maximum atomic E-state index is 10.4. The Morgan fingerprint density at radius 2 is 1.59 bits per heavy atom. The quantitative estimate of drug-likeness (QED) is 0.244. The number of nitrogens with zero attached hydrogens (tertiary/aromatic N) is 1. The molecular weight excluding hydrogens is 490 g/mol. The molecule has 0 spiro atoms. The van der Waals surface area contributed by atoms with E-state index in [4.69, 9.17) is 19.2 Å². The molecular formula is C32H49N3O4. The first-order valence-corrected chi connectivity index (χ1v) is 15.6. The number of hydrogen-bond donors (Lipinski definition) is 3. The summed E-state index contributed by atoms with van der Waals surface area (Å²) >= 11 is 0. The molecule has 0 amide bonds. The molecule has 1 aliphatic carbocycles. The maximum Gasteiger partial charge on any atom is 0.190 e. The van der Waals surface area contributed by atoms with Gasteiger partial charge < -0.3 is 30.0 Å². The molecule has 7 nitrogen and oxygen atoms in total. The SMILES string of the molecule is CC1(C)O[C@H]2O[C@H](CNCCCCCCCCCCCNc3c4c(nc5ccccc35)CCCC4)[C@H](O)[C@H]2O1. The number of fused-ring (bicyclic) bond motifs is 3. The summed E-state index contributed by atoms with van der Waals surface area (Å²) in [7, 11) is 0. The number of aliphatic hydroxyl groups is 1. The second kappa shape index (κ2) is 13.7. The number of aliphatic hydroxyl groups excluding tert-OH is 1. The van der Waals surface area contributed by atoms with E-state index < -0.39 is 18.2 Å². The first kappa shape index (κ1) is 28.7. The molecule has 0 unspecified atom stereocenters. The number of benzene rings is 1. The Labute approximate surface area is 234 Å². The van der Waals surface area contributed by atoms with E-state index >= 15 is 0 Å². The summed E-state index contributed by atoms with van der Waals surface area (Å²) in [6.45, 7) is 6.34. The van der Waals surface area contributed by atoms with Crippen LogP contribution < -0.4 is 10.6 Å². The number of rotatable bonds is 15. The van der Waals surface area contributed by atoms with E-state index in [-0.39, 0.29) is 12.2 Å². The molecule has 0 radical (unpaired) electrons. The lowest BCUT2D eigenvalue weighted by atomic mass is 9.92. The topological polar surface area (TPSA) is 84.9 Å². The molecule has 2 fully saturated rings. The third-order valence-corrected chi connectivity index (χ3v) is 8.46.